The van der Waals surface area contributed by atoms with Crippen LogP contribution in [-0.2, 0) is 11.3 Å². The minimum Gasteiger partial charge on any atom is -0.465 e. The van der Waals surface area contributed by atoms with Crippen molar-refractivity contribution in [2.75, 3.05) is 19.0 Å². The van der Waals surface area contributed by atoms with E-state index in [0.717, 1.165) is 29.3 Å². The molecule has 1 saturated heterocycles. The van der Waals surface area contributed by atoms with Gasteiger partial charge < -0.3 is 20.3 Å². The number of fused-ring (bicyclic) bond motifs is 3. The molecule has 0 amide bonds. The van der Waals surface area contributed by atoms with Gasteiger partial charge in [-0.15, -0.1) is 0 Å². The number of benzene rings is 3. The molecule has 0 aliphatic carbocycles. The van der Waals surface area contributed by atoms with Crippen LogP contribution in [0.1, 0.15) is 45.6 Å². The summed E-state index contributed by atoms with van der Waals surface area (Å²) in [5.74, 6) is -0.00173. The van der Waals surface area contributed by atoms with Crippen molar-refractivity contribution in [1.29, 1.82) is 0 Å². The smallest absolute Gasteiger partial charge is 0.337 e. The molecule has 2 aliphatic heterocycles. The van der Waals surface area contributed by atoms with E-state index in [-0.39, 0.29) is 18.1 Å². The highest BCUT2D eigenvalue weighted by Gasteiger charge is 2.45. The predicted octanol–water partition coefficient (Wildman–Crippen LogP) is 5.08. The lowest BCUT2D eigenvalue weighted by Gasteiger charge is -2.41. The van der Waals surface area contributed by atoms with Gasteiger partial charge in [-0.2, -0.15) is 0 Å². The summed E-state index contributed by atoms with van der Waals surface area (Å²) >= 11 is 5.88. The lowest BCUT2D eigenvalue weighted by atomic mass is 9.79. The maximum atomic E-state index is 12.3. The quantitative estimate of drug-likeness (QED) is 0.421. The summed E-state index contributed by atoms with van der Waals surface area (Å²) in [6.45, 7) is 1.55. The fraction of sp³-hybridized carbons (Fsp3) is 0.259. The first-order valence-corrected chi connectivity index (χ1v) is 11.7. The number of anilines is 1. The Hall–Kier alpha value is -3.38. The molecule has 2 heterocycles. The third-order valence-electron chi connectivity index (χ3n) is 6.68. The van der Waals surface area contributed by atoms with Crippen LogP contribution < -0.4 is 10.6 Å². The first kappa shape index (κ1) is 21.5. The number of carbonyl (C=O) groups is 1. The number of esters is 1. The summed E-state index contributed by atoms with van der Waals surface area (Å²) in [4.78, 5) is 14.5. The van der Waals surface area contributed by atoms with Gasteiger partial charge in [0.25, 0.3) is 0 Å². The third-order valence-corrected chi connectivity index (χ3v) is 7.06. The topological polar surface area (TPSA) is 53.6 Å². The van der Waals surface area contributed by atoms with Crippen LogP contribution in [-0.4, -0.2) is 29.6 Å². The van der Waals surface area contributed by atoms with Crippen molar-refractivity contribution < 1.29 is 9.53 Å². The molecule has 1 fully saturated rings. The van der Waals surface area contributed by atoms with Crippen molar-refractivity contribution in [2.45, 2.75) is 25.0 Å². The van der Waals surface area contributed by atoms with E-state index < -0.39 is 0 Å². The molecule has 3 aromatic carbocycles. The minimum atomic E-state index is -0.325. The monoisotopic (exact) mass is 457 g/mol. The molecule has 0 aromatic heterocycles. The highest BCUT2D eigenvalue weighted by molar-refractivity contribution is 7.80. The molecule has 3 aromatic rings. The summed E-state index contributed by atoms with van der Waals surface area (Å²) in [6, 6.07) is 26.9. The Morgan fingerprint density at radius 2 is 1.82 bits per heavy atom. The zero-order chi connectivity index (χ0) is 22.8. The molecule has 2 aliphatic rings. The highest BCUT2D eigenvalue weighted by atomic mass is 32.1. The Morgan fingerprint density at radius 3 is 2.55 bits per heavy atom. The molecule has 33 heavy (non-hydrogen) atoms. The molecule has 0 unspecified atom stereocenters. The van der Waals surface area contributed by atoms with Crippen LogP contribution in [0.4, 0.5) is 5.69 Å². The normalized spacial score (nSPS) is 20.9. The largest absolute Gasteiger partial charge is 0.465 e. The summed E-state index contributed by atoms with van der Waals surface area (Å²) < 4.78 is 4.98. The van der Waals surface area contributed by atoms with Gasteiger partial charge in [-0.3, -0.25) is 0 Å². The number of rotatable bonds is 4. The Kier molecular flexibility index (Phi) is 6.01. The number of likely N-dealkylation sites (tertiary alicyclic amines) is 1. The van der Waals surface area contributed by atoms with E-state index in [1.54, 1.807) is 0 Å². The van der Waals surface area contributed by atoms with Crippen molar-refractivity contribution in [2.24, 2.45) is 5.92 Å². The predicted molar refractivity (Wildman–Crippen MR) is 134 cm³/mol. The van der Waals surface area contributed by atoms with Crippen LogP contribution in [0.15, 0.2) is 78.9 Å². The van der Waals surface area contributed by atoms with Crippen LogP contribution in [0.25, 0.3) is 0 Å². The van der Waals surface area contributed by atoms with Crippen LogP contribution >= 0.6 is 12.2 Å². The number of hydrogen-bond acceptors (Lipinski definition) is 4. The van der Waals surface area contributed by atoms with Gasteiger partial charge in [-0.05, 0) is 53.5 Å². The SMILES string of the molecule is COC(=O)c1ccc2c(c1)[C@@H]1[C@@H](CCN1C(=S)NCc1ccccc1)[C@H](c1ccccc1)N2. The van der Waals surface area contributed by atoms with E-state index in [1.165, 1.54) is 18.2 Å². The van der Waals surface area contributed by atoms with Gasteiger partial charge in [0, 0.05) is 24.7 Å². The average molecular weight is 458 g/mol. The van der Waals surface area contributed by atoms with E-state index in [9.17, 15) is 4.79 Å². The number of nitrogens with one attached hydrogen (secondary N) is 2. The summed E-state index contributed by atoms with van der Waals surface area (Å²) in [5, 5.41) is 7.94. The fourth-order valence-electron chi connectivity index (χ4n) is 5.12. The maximum Gasteiger partial charge on any atom is 0.337 e. The third kappa shape index (κ3) is 4.18. The van der Waals surface area contributed by atoms with E-state index in [2.05, 4.69) is 51.9 Å². The lowest BCUT2D eigenvalue weighted by molar-refractivity contribution is 0.0600. The fourth-order valence-corrected chi connectivity index (χ4v) is 5.39. The number of thiocarbonyl (C=S) groups is 1. The van der Waals surface area contributed by atoms with Gasteiger partial charge in [0.1, 0.15) is 0 Å². The molecule has 0 saturated carbocycles. The summed E-state index contributed by atoms with van der Waals surface area (Å²) in [5.41, 5.74) is 5.15. The minimum absolute atomic E-state index is 0.0758. The second kappa shape index (κ2) is 9.24. The lowest BCUT2D eigenvalue weighted by Crippen LogP contribution is -2.42. The standard InChI is InChI=1S/C27H27N3O2S/c1-32-26(31)20-12-13-23-22(16-20)25-21(24(29-23)19-10-6-3-7-11-19)14-15-30(25)27(33)28-17-18-8-4-2-5-9-18/h2-13,16,21,24-25,29H,14-15,17H2,1H3,(H,28,33)/t21-,24-,25-/m0/s1. The zero-order valence-electron chi connectivity index (χ0n) is 18.5. The van der Waals surface area contributed by atoms with Crippen molar-refractivity contribution in [3.8, 4) is 0 Å². The van der Waals surface area contributed by atoms with Gasteiger partial charge in [-0.1, -0.05) is 60.7 Å². The molecule has 2 N–H and O–H groups in total. The number of methoxy groups -OCH3 is 1. The molecule has 5 rings (SSSR count). The van der Waals surface area contributed by atoms with Crippen LogP contribution in [0.2, 0.25) is 0 Å². The Bertz CT molecular complexity index is 1150. The highest BCUT2D eigenvalue weighted by Crippen LogP contribution is 2.51. The van der Waals surface area contributed by atoms with Crippen molar-refractivity contribution in [3.05, 3.63) is 101 Å². The molecular formula is C27H27N3O2S. The van der Waals surface area contributed by atoms with Gasteiger partial charge in [0.2, 0.25) is 0 Å². The number of ether oxygens (including phenoxy) is 1. The Balaban J connectivity index is 1.48. The number of nitrogens with zero attached hydrogens (tertiary/aromatic N) is 1. The average Bonchev–Trinajstić information content (AvgIpc) is 3.33. The zero-order valence-corrected chi connectivity index (χ0v) is 19.3. The van der Waals surface area contributed by atoms with E-state index in [4.69, 9.17) is 17.0 Å². The molecular weight excluding hydrogens is 430 g/mol. The Labute approximate surface area is 199 Å². The van der Waals surface area contributed by atoms with Gasteiger partial charge >= 0.3 is 5.97 Å². The first-order valence-electron chi connectivity index (χ1n) is 11.3. The van der Waals surface area contributed by atoms with Gasteiger partial charge in [0.05, 0.1) is 24.8 Å². The molecule has 0 radical (unpaired) electrons. The molecule has 0 bridgehead atoms. The molecule has 0 spiro atoms. The number of carbonyl (C=O) groups excluding carboxylic acids is 1. The molecule has 5 nitrogen and oxygen atoms in total. The van der Waals surface area contributed by atoms with Crippen molar-refractivity contribution >= 4 is 29.0 Å². The second-order valence-corrected chi connectivity index (χ2v) is 8.95. The molecule has 3 atom stereocenters. The van der Waals surface area contributed by atoms with Crippen LogP contribution in [0.3, 0.4) is 0 Å². The van der Waals surface area contributed by atoms with Gasteiger partial charge in [-0.25, -0.2) is 4.79 Å². The Morgan fingerprint density at radius 1 is 1.09 bits per heavy atom. The molecule has 168 valence electrons. The molecule has 6 heteroatoms. The second-order valence-electron chi connectivity index (χ2n) is 8.56. The maximum absolute atomic E-state index is 12.3. The van der Waals surface area contributed by atoms with Crippen LogP contribution in [0.5, 0.6) is 0 Å². The summed E-state index contributed by atoms with van der Waals surface area (Å²) in [7, 11) is 1.42. The van der Waals surface area contributed by atoms with E-state index in [0.29, 0.717) is 18.0 Å². The summed E-state index contributed by atoms with van der Waals surface area (Å²) in [6.07, 6.45) is 1.01. The van der Waals surface area contributed by atoms with Gasteiger partial charge in [0.15, 0.2) is 5.11 Å². The first-order chi connectivity index (χ1) is 16.2. The van der Waals surface area contributed by atoms with E-state index >= 15 is 0 Å². The van der Waals surface area contributed by atoms with E-state index in [1.807, 2.05) is 42.5 Å². The van der Waals surface area contributed by atoms with Crippen molar-refractivity contribution in [1.82, 2.24) is 10.2 Å². The number of hydrogen-bond donors (Lipinski definition) is 2. The van der Waals surface area contributed by atoms with Crippen molar-refractivity contribution in [3.63, 3.8) is 0 Å². The van der Waals surface area contributed by atoms with Crippen LogP contribution in [0, 0.1) is 5.92 Å².